The fraction of sp³-hybridized carbons (Fsp3) is 0.263. The van der Waals surface area contributed by atoms with Gasteiger partial charge in [0.25, 0.3) is 5.91 Å². The molecule has 0 bridgehead atoms. The molecule has 2 aromatic heterocycles. The predicted molar refractivity (Wildman–Crippen MR) is 99.9 cm³/mol. The number of anilines is 1. The number of carbonyl (C=O) groups excluding carboxylic acids is 1. The van der Waals surface area contributed by atoms with Crippen LogP contribution in [0.3, 0.4) is 0 Å². The number of hydrogen-bond acceptors (Lipinski definition) is 5. The van der Waals surface area contributed by atoms with Gasteiger partial charge in [-0.3, -0.25) is 4.79 Å². The number of nitrogens with zero attached hydrogens (tertiary/aromatic N) is 5. The van der Waals surface area contributed by atoms with Gasteiger partial charge in [0.2, 0.25) is 5.95 Å². The SMILES string of the molecule is CC(C)c1cc(C(=O)N(C)Cc2cccc(-n3cccn3)c2)nc(N)n1. The Balaban J connectivity index is 1.79. The quantitative estimate of drug-likeness (QED) is 0.764. The third-order valence-corrected chi connectivity index (χ3v) is 4.02. The van der Waals surface area contributed by atoms with Crippen molar-refractivity contribution in [3.05, 3.63) is 65.7 Å². The van der Waals surface area contributed by atoms with Gasteiger partial charge in [0.1, 0.15) is 5.69 Å². The highest BCUT2D eigenvalue weighted by Crippen LogP contribution is 2.16. The molecule has 7 heteroatoms. The molecule has 0 aliphatic carbocycles. The topological polar surface area (TPSA) is 89.9 Å². The lowest BCUT2D eigenvalue weighted by Crippen LogP contribution is -2.27. The summed E-state index contributed by atoms with van der Waals surface area (Å²) in [5.74, 6) is 0.0991. The normalized spacial score (nSPS) is 10.9. The monoisotopic (exact) mass is 350 g/mol. The van der Waals surface area contributed by atoms with Crippen LogP contribution in [-0.4, -0.2) is 37.6 Å². The lowest BCUT2D eigenvalue weighted by atomic mass is 10.1. The second-order valence-electron chi connectivity index (χ2n) is 6.47. The van der Waals surface area contributed by atoms with Crippen molar-refractivity contribution in [2.75, 3.05) is 12.8 Å². The molecule has 3 aromatic rings. The van der Waals surface area contributed by atoms with Crippen LogP contribution in [0.15, 0.2) is 48.8 Å². The van der Waals surface area contributed by atoms with Gasteiger partial charge in [-0.1, -0.05) is 26.0 Å². The summed E-state index contributed by atoms with van der Waals surface area (Å²) in [5, 5.41) is 4.23. The lowest BCUT2D eigenvalue weighted by Gasteiger charge is -2.18. The molecule has 0 aliphatic rings. The Morgan fingerprint density at radius 3 is 2.73 bits per heavy atom. The summed E-state index contributed by atoms with van der Waals surface area (Å²) in [5.41, 5.74) is 8.78. The van der Waals surface area contributed by atoms with Crippen molar-refractivity contribution < 1.29 is 4.79 Å². The summed E-state index contributed by atoms with van der Waals surface area (Å²) in [7, 11) is 1.75. The molecule has 7 nitrogen and oxygen atoms in total. The summed E-state index contributed by atoms with van der Waals surface area (Å²) >= 11 is 0. The molecule has 0 saturated carbocycles. The fourth-order valence-electron chi connectivity index (χ4n) is 2.65. The first kappa shape index (κ1) is 17.6. The average molecular weight is 350 g/mol. The summed E-state index contributed by atoms with van der Waals surface area (Å²) in [6, 6.07) is 11.5. The summed E-state index contributed by atoms with van der Waals surface area (Å²) in [6.45, 7) is 4.45. The van der Waals surface area contributed by atoms with E-state index in [1.807, 2.05) is 50.4 Å². The zero-order valence-electron chi connectivity index (χ0n) is 15.1. The van der Waals surface area contributed by atoms with E-state index in [9.17, 15) is 4.79 Å². The maximum atomic E-state index is 12.8. The van der Waals surface area contributed by atoms with Crippen LogP contribution in [0.1, 0.15) is 41.5 Å². The van der Waals surface area contributed by atoms with Gasteiger partial charge in [0.05, 0.1) is 5.69 Å². The van der Waals surface area contributed by atoms with Crippen molar-refractivity contribution in [1.82, 2.24) is 24.6 Å². The van der Waals surface area contributed by atoms with Crippen molar-refractivity contribution in [3.63, 3.8) is 0 Å². The minimum Gasteiger partial charge on any atom is -0.368 e. The molecule has 1 amide bonds. The van der Waals surface area contributed by atoms with Crippen molar-refractivity contribution in [3.8, 4) is 5.69 Å². The first-order valence-corrected chi connectivity index (χ1v) is 8.43. The first-order valence-electron chi connectivity index (χ1n) is 8.43. The summed E-state index contributed by atoms with van der Waals surface area (Å²) in [6.07, 6.45) is 3.61. The molecule has 0 atom stereocenters. The number of rotatable bonds is 5. The second kappa shape index (κ2) is 7.35. The van der Waals surface area contributed by atoms with Gasteiger partial charge in [-0.05, 0) is 35.7 Å². The van der Waals surface area contributed by atoms with Gasteiger partial charge in [-0.25, -0.2) is 14.6 Å². The molecule has 0 fully saturated rings. The van der Waals surface area contributed by atoms with Crippen molar-refractivity contribution in [2.24, 2.45) is 0 Å². The van der Waals surface area contributed by atoms with Gasteiger partial charge in [0.15, 0.2) is 0 Å². The lowest BCUT2D eigenvalue weighted by molar-refractivity contribution is 0.0779. The standard InChI is InChI=1S/C19H22N6O/c1-13(2)16-11-17(23-19(20)22-16)18(26)24(3)12-14-6-4-7-15(10-14)25-9-5-8-21-25/h4-11,13H,12H2,1-3H3,(H2,20,22,23). The summed E-state index contributed by atoms with van der Waals surface area (Å²) < 4.78 is 1.78. The molecule has 0 spiro atoms. The Bertz CT molecular complexity index is 904. The van der Waals surface area contributed by atoms with E-state index in [1.165, 1.54) is 0 Å². The van der Waals surface area contributed by atoms with E-state index in [-0.39, 0.29) is 17.8 Å². The van der Waals surface area contributed by atoms with E-state index in [0.29, 0.717) is 12.2 Å². The Hall–Kier alpha value is -3.22. The minimum absolute atomic E-state index is 0.119. The molecular weight excluding hydrogens is 328 g/mol. The Morgan fingerprint density at radius 1 is 1.23 bits per heavy atom. The maximum Gasteiger partial charge on any atom is 0.272 e. The number of carbonyl (C=O) groups is 1. The number of hydrogen-bond donors (Lipinski definition) is 1. The number of benzene rings is 1. The molecule has 0 unspecified atom stereocenters. The van der Waals surface area contributed by atoms with Crippen LogP contribution < -0.4 is 5.73 Å². The van der Waals surface area contributed by atoms with Crippen LogP contribution >= 0.6 is 0 Å². The second-order valence-corrected chi connectivity index (χ2v) is 6.47. The van der Waals surface area contributed by atoms with Crippen molar-refractivity contribution >= 4 is 11.9 Å². The molecule has 3 rings (SSSR count). The molecule has 26 heavy (non-hydrogen) atoms. The Morgan fingerprint density at radius 2 is 2.04 bits per heavy atom. The largest absolute Gasteiger partial charge is 0.368 e. The smallest absolute Gasteiger partial charge is 0.272 e. The van der Waals surface area contributed by atoms with Gasteiger partial charge in [0, 0.05) is 31.7 Å². The number of nitrogens with two attached hydrogens (primary N) is 1. The van der Waals surface area contributed by atoms with Crippen LogP contribution in [0.2, 0.25) is 0 Å². The van der Waals surface area contributed by atoms with Crippen molar-refractivity contribution in [2.45, 2.75) is 26.3 Å². The fourth-order valence-corrected chi connectivity index (χ4v) is 2.65. The van der Waals surface area contributed by atoms with E-state index in [0.717, 1.165) is 16.9 Å². The van der Waals surface area contributed by atoms with Crippen LogP contribution in [-0.2, 0) is 6.54 Å². The zero-order valence-corrected chi connectivity index (χ0v) is 15.1. The molecule has 0 saturated heterocycles. The van der Waals surface area contributed by atoms with Gasteiger partial charge >= 0.3 is 0 Å². The molecule has 1 aromatic carbocycles. The third kappa shape index (κ3) is 3.88. The predicted octanol–water partition coefficient (Wildman–Crippen LogP) is 2.64. The van der Waals surface area contributed by atoms with Crippen LogP contribution in [0.4, 0.5) is 5.95 Å². The van der Waals surface area contributed by atoms with E-state index >= 15 is 0 Å². The Kier molecular flexibility index (Phi) is 4.97. The molecule has 134 valence electrons. The van der Waals surface area contributed by atoms with Gasteiger partial charge < -0.3 is 10.6 Å². The van der Waals surface area contributed by atoms with Crippen LogP contribution in [0, 0.1) is 0 Å². The van der Waals surface area contributed by atoms with Gasteiger partial charge in [-0.15, -0.1) is 0 Å². The highest BCUT2D eigenvalue weighted by Gasteiger charge is 2.17. The number of aromatic nitrogens is 4. The molecular formula is C19H22N6O. The van der Waals surface area contributed by atoms with E-state index in [1.54, 1.807) is 28.9 Å². The molecule has 2 heterocycles. The molecule has 0 radical (unpaired) electrons. The minimum atomic E-state index is -0.189. The summed E-state index contributed by atoms with van der Waals surface area (Å²) in [4.78, 5) is 22.7. The maximum absolute atomic E-state index is 12.8. The third-order valence-electron chi connectivity index (χ3n) is 4.02. The first-order chi connectivity index (χ1) is 12.4. The van der Waals surface area contributed by atoms with E-state index < -0.39 is 0 Å². The van der Waals surface area contributed by atoms with Crippen molar-refractivity contribution in [1.29, 1.82) is 0 Å². The number of nitrogen functional groups attached to an aromatic ring is 1. The molecule has 0 aliphatic heterocycles. The van der Waals surface area contributed by atoms with Crippen LogP contribution in [0.5, 0.6) is 0 Å². The Labute approximate surface area is 152 Å². The van der Waals surface area contributed by atoms with E-state index in [2.05, 4.69) is 15.1 Å². The molecule has 2 N–H and O–H groups in total. The highest BCUT2D eigenvalue weighted by molar-refractivity contribution is 5.92. The van der Waals surface area contributed by atoms with Gasteiger partial charge in [-0.2, -0.15) is 5.10 Å². The highest BCUT2D eigenvalue weighted by atomic mass is 16.2. The van der Waals surface area contributed by atoms with E-state index in [4.69, 9.17) is 5.73 Å². The average Bonchev–Trinajstić information content (AvgIpc) is 3.15. The van der Waals surface area contributed by atoms with Crippen LogP contribution in [0.25, 0.3) is 5.69 Å². The number of amides is 1. The zero-order chi connectivity index (χ0) is 18.7.